The van der Waals surface area contributed by atoms with Crippen molar-refractivity contribution in [2.75, 3.05) is 6.61 Å². The molecule has 2 heterocycles. The molecule has 4 atom stereocenters. The van der Waals surface area contributed by atoms with E-state index in [0.29, 0.717) is 0 Å². The first-order valence-electron chi connectivity index (χ1n) is 12.6. The molecule has 0 aliphatic carbocycles. The molecule has 1 aromatic heterocycles. The maximum Gasteiger partial charge on any atom is 0.338 e. The molecule has 1 aliphatic heterocycles. The van der Waals surface area contributed by atoms with E-state index in [4.69, 9.17) is 18.9 Å². The molecule has 0 radical (unpaired) electrons. The van der Waals surface area contributed by atoms with Crippen LogP contribution in [0.1, 0.15) is 37.3 Å². The Morgan fingerprint density at radius 3 is 1.68 bits per heavy atom. The molecule has 3 aromatic carbocycles. The highest BCUT2D eigenvalue weighted by Gasteiger charge is 2.51. The summed E-state index contributed by atoms with van der Waals surface area (Å²) in [7, 11) is 0. The van der Waals surface area contributed by atoms with Crippen LogP contribution in [0.3, 0.4) is 0 Å². The largest absolute Gasteiger partial charge is 0.459 e. The number of ether oxygens (including phenoxy) is 4. The lowest BCUT2D eigenvalue weighted by Crippen LogP contribution is -2.43. The first-order chi connectivity index (χ1) is 19.9. The van der Waals surface area contributed by atoms with Crippen LogP contribution in [0.5, 0.6) is 0 Å². The summed E-state index contributed by atoms with van der Waals surface area (Å²) in [6.07, 6.45) is -4.03. The lowest BCUT2D eigenvalue weighted by Gasteiger charge is -2.25. The van der Waals surface area contributed by atoms with Gasteiger partial charge in [0.15, 0.2) is 18.4 Å². The Labute approximate surface area is 232 Å². The van der Waals surface area contributed by atoms with Crippen molar-refractivity contribution in [3.63, 3.8) is 0 Å². The first-order valence-corrected chi connectivity index (χ1v) is 12.6. The fraction of sp³-hybridized carbons (Fsp3) is 0.167. The van der Waals surface area contributed by atoms with Gasteiger partial charge in [0, 0.05) is 12.3 Å². The molecule has 41 heavy (non-hydrogen) atoms. The van der Waals surface area contributed by atoms with Crippen LogP contribution >= 0.6 is 0 Å². The zero-order valence-corrected chi connectivity index (χ0v) is 21.5. The molecule has 11 nitrogen and oxygen atoms in total. The van der Waals surface area contributed by atoms with E-state index in [1.54, 1.807) is 66.7 Å². The van der Waals surface area contributed by atoms with E-state index in [2.05, 4.69) is 4.98 Å². The van der Waals surface area contributed by atoms with Gasteiger partial charge in [-0.15, -0.1) is 0 Å². The third-order valence-electron chi connectivity index (χ3n) is 6.30. The van der Waals surface area contributed by atoms with Crippen molar-refractivity contribution in [3.05, 3.63) is 141 Å². The zero-order valence-electron chi connectivity index (χ0n) is 21.5. The fourth-order valence-corrected chi connectivity index (χ4v) is 4.31. The summed E-state index contributed by atoms with van der Waals surface area (Å²) in [4.78, 5) is 65.5. The molecule has 0 spiro atoms. The highest BCUT2D eigenvalue weighted by Crippen LogP contribution is 2.34. The third-order valence-corrected chi connectivity index (χ3v) is 6.30. The number of esters is 3. The van der Waals surface area contributed by atoms with E-state index < -0.39 is 60.3 Å². The van der Waals surface area contributed by atoms with Crippen molar-refractivity contribution in [2.45, 2.75) is 24.5 Å². The lowest BCUT2D eigenvalue weighted by molar-refractivity contribution is -0.0640. The number of nitrogens with one attached hydrogen (secondary N) is 1. The molecule has 0 saturated carbocycles. The van der Waals surface area contributed by atoms with E-state index in [1.165, 1.54) is 30.5 Å². The highest BCUT2D eigenvalue weighted by molar-refractivity contribution is 5.91. The number of H-pyrrole nitrogens is 1. The Kier molecular flexibility index (Phi) is 8.16. The number of rotatable bonds is 8. The quantitative estimate of drug-likeness (QED) is 0.256. The first kappa shape index (κ1) is 27.3. The average molecular weight is 557 g/mol. The Hall–Kier alpha value is -5.29. The van der Waals surface area contributed by atoms with E-state index in [0.717, 1.165) is 10.6 Å². The van der Waals surface area contributed by atoms with Gasteiger partial charge in [0.2, 0.25) is 0 Å². The zero-order chi connectivity index (χ0) is 28.8. The van der Waals surface area contributed by atoms with Gasteiger partial charge in [-0.2, -0.15) is 0 Å². The number of hydrogen-bond acceptors (Lipinski definition) is 9. The summed E-state index contributed by atoms with van der Waals surface area (Å²) in [6.45, 7) is -0.408. The Bertz CT molecular complexity index is 1640. The maximum atomic E-state index is 13.1. The summed E-state index contributed by atoms with van der Waals surface area (Å²) >= 11 is 0. The minimum Gasteiger partial charge on any atom is -0.459 e. The Morgan fingerprint density at radius 2 is 1.17 bits per heavy atom. The topological polar surface area (TPSA) is 143 Å². The van der Waals surface area contributed by atoms with Crippen LogP contribution in [-0.4, -0.2) is 52.4 Å². The van der Waals surface area contributed by atoms with Crippen molar-refractivity contribution >= 4 is 17.9 Å². The van der Waals surface area contributed by atoms with Crippen LogP contribution in [0.4, 0.5) is 0 Å². The third kappa shape index (κ3) is 6.31. The molecular weight excluding hydrogens is 532 g/mol. The number of aromatic nitrogens is 2. The molecule has 208 valence electrons. The minimum atomic E-state index is -1.38. The Balaban J connectivity index is 1.50. The molecule has 1 N–H and O–H groups in total. The van der Waals surface area contributed by atoms with Gasteiger partial charge in [0.1, 0.15) is 12.7 Å². The number of nitrogens with zero attached hydrogens (tertiary/aromatic N) is 1. The number of benzene rings is 3. The molecule has 0 amide bonds. The normalized spacial score (nSPS) is 19.7. The molecule has 0 bridgehead atoms. The van der Waals surface area contributed by atoms with Gasteiger partial charge in [0.05, 0.1) is 16.7 Å². The van der Waals surface area contributed by atoms with Crippen molar-refractivity contribution in [1.29, 1.82) is 0 Å². The van der Waals surface area contributed by atoms with Crippen molar-refractivity contribution < 1.29 is 33.3 Å². The van der Waals surface area contributed by atoms with Crippen LogP contribution in [0.2, 0.25) is 0 Å². The van der Waals surface area contributed by atoms with Crippen molar-refractivity contribution in [3.8, 4) is 0 Å². The van der Waals surface area contributed by atoms with E-state index in [1.807, 2.05) is 0 Å². The SMILES string of the molecule is O=C(OC[C@H]1O[C@H](n2ccc(=O)[nH]c2=O)[C@H](OC(=O)c2ccccc2)[C@@H]1OC(=O)c1ccccc1)c1ccccc1. The molecule has 5 rings (SSSR count). The van der Waals surface area contributed by atoms with Gasteiger partial charge in [-0.05, 0) is 36.4 Å². The number of carbonyl (C=O) groups is 3. The van der Waals surface area contributed by atoms with Crippen molar-refractivity contribution in [2.24, 2.45) is 0 Å². The summed E-state index contributed by atoms with van der Waals surface area (Å²) < 4.78 is 24.1. The second-order valence-corrected chi connectivity index (χ2v) is 9.02. The van der Waals surface area contributed by atoms with Gasteiger partial charge < -0.3 is 18.9 Å². The van der Waals surface area contributed by atoms with Gasteiger partial charge >= 0.3 is 23.6 Å². The summed E-state index contributed by atoms with van der Waals surface area (Å²) in [5, 5.41) is 0. The number of hydrogen-bond donors (Lipinski definition) is 1. The summed E-state index contributed by atoms with van der Waals surface area (Å²) in [6, 6.07) is 25.5. The lowest BCUT2D eigenvalue weighted by atomic mass is 10.1. The summed E-state index contributed by atoms with van der Waals surface area (Å²) in [5.41, 5.74) is -0.804. The molecule has 1 saturated heterocycles. The number of carbonyl (C=O) groups excluding carboxylic acids is 3. The molecule has 0 unspecified atom stereocenters. The van der Waals surface area contributed by atoms with Crippen molar-refractivity contribution in [1.82, 2.24) is 9.55 Å². The van der Waals surface area contributed by atoms with Gasteiger partial charge in [-0.25, -0.2) is 19.2 Å². The van der Waals surface area contributed by atoms with Crippen LogP contribution in [0, 0.1) is 0 Å². The van der Waals surface area contributed by atoms with Crippen LogP contribution in [0.15, 0.2) is 113 Å². The Morgan fingerprint density at radius 1 is 0.683 bits per heavy atom. The average Bonchev–Trinajstić information content (AvgIpc) is 3.33. The van der Waals surface area contributed by atoms with Gasteiger partial charge in [-0.1, -0.05) is 54.6 Å². The molecule has 1 fully saturated rings. The number of aromatic amines is 1. The van der Waals surface area contributed by atoms with E-state index in [-0.39, 0.29) is 16.7 Å². The maximum absolute atomic E-state index is 13.1. The molecule has 1 aliphatic rings. The second kappa shape index (κ2) is 12.3. The molecule has 11 heteroatoms. The minimum absolute atomic E-state index is 0.201. The van der Waals surface area contributed by atoms with Gasteiger partial charge in [0.25, 0.3) is 5.56 Å². The molecular formula is C30H24N2O9. The fourth-order valence-electron chi connectivity index (χ4n) is 4.31. The second-order valence-electron chi connectivity index (χ2n) is 9.02. The van der Waals surface area contributed by atoms with E-state index in [9.17, 15) is 24.0 Å². The van der Waals surface area contributed by atoms with Crippen LogP contribution < -0.4 is 11.2 Å². The van der Waals surface area contributed by atoms with E-state index >= 15 is 0 Å². The highest BCUT2D eigenvalue weighted by atomic mass is 16.7. The smallest absolute Gasteiger partial charge is 0.338 e. The monoisotopic (exact) mass is 556 g/mol. The molecule has 4 aromatic rings. The summed E-state index contributed by atoms with van der Waals surface area (Å²) in [5.74, 6) is -2.19. The standard InChI is InChI=1S/C30H24N2O9/c33-23-16-17-32(30(37)31-23)26-25(41-29(36)21-14-8-3-9-15-21)24(40-28(35)20-12-6-2-7-13-20)22(39-26)18-38-27(34)19-10-4-1-5-11-19/h1-17,22,24-26H,18H2,(H,31,33,37)/t22-,24-,25-,26+/m1/s1. The predicted octanol–water partition coefficient (Wildman–Crippen LogP) is 2.74. The van der Waals surface area contributed by atoms with Crippen LogP contribution in [0.25, 0.3) is 0 Å². The predicted molar refractivity (Wildman–Crippen MR) is 143 cm³/mol. The van der Waals surface area contributed by atoms with Gasteiger partial charge in [-0.3, -0.25) is 14.3 Å². The van der Waals surface area contributed by atoms with Crippen LogP contribution in [-0.2, 0) is 18.9 Å².